The Hall–Kier alpha value is -2.44. The fraction of sp³-hybridized carbons (Fsp3) is 0.429. The molecule has 1 aromatic carbocycles. The van der Waals surface area contributed by atoms with Crippen LogP contribution in [0.3, 0.4) is 0 Å². The predicted octanol–water partition coefficient (Wildman–Crippen LogP) is 0.767. The number of benzene rings is 1. The van der Waals surface area contributed by atoms with E-state index in [-0.39, 0.29) is 11.9 Å². The molecule has 0 unspecified atom stereocenters. The number of nitrogens with one attached hydrogen (secondary N) is 1. The van der Waals surface area contributed by atoms with Gasteiger partial charge in [0.15, 0.2) is 0 Å². The van der Waals surface area contributed by atoms with Crippen LogP contribution in [0, 0.1) is 0 Å². The number of aromatic nitrogens is 4. The largest absolute Gasteiger partial charge is 0.353 e. The van der Waals surface area contributed by atoms with Gasteiger partial charge in [-0.15, -0.1) is 0 Å². The summed E-state index contributed by atoms with van der Waals surface area (Å²) in [4.78, 5) is 13.3. The van der Waals surface area contributed by atoms with Gasteiger partial charge in [0.25, 0.3) is 0 Å². The highest BCUT2D eigenvalue weighted by Crippen LogP contribution is 2.19. The third kappa shape index (κ3) is 3.01. The van der Waals surface area contributed by atoms with Gasteiger partial charge in [-0.1, -0.05) is 23.3 Å². The van der Waals surface area contributed by atoms with Crippen molar-refractivity contribution in [1.29, 1.82) is 0 Å². The second-order valence-corrected chi connectivity index (χ2v) is 5.19. The molecule has 1 aliphatic rings. The van der Waals surface area contributed by atoms with Gasteiger partial charge in [0.2, 0.25) is 11.9 Å². The number of amides is 1. The molecule has 0 aliphatic carbocycles. The summed E-state index contributed by atoms with van der Waals surface area (Å²) >= 11 is 0. The van der Waals surface area contributed by atoms with Crippen LogP contribution in [0.1, 0.15) is 19.8 Å². The van der Waals surface area contributed by atoms with E-state index in [1.807, 2.05) is 30.3 Å². The zero-order valence-corrected chi connectivity index (χ0v) is 11.9. The first-order valence-corrected chi connectivity index (χ1v) is 7.10. The number of carbonyl (C=O) groups excluding carboxylic acids is 1. The van der Waals surface area contributed by atoms with Gasteiger partial charge in [0.05, 0.1) is 5.69 Å². The maximum absolute atomic E-state index is 11.1. The normalized spacial score (nSPS) is 16.0. The maximum atomic E-state index is 11.1. The van der Waals surface area contributed by atoms with Crippen LogP contribution in [0.2, 0.25) is 0 Å². The third-order valence-corrected chi connectivity index (χ3v) is 3.64. The number of para-hydroxylation sites is 1. The first-order valence-electron chi connectivity index (χ1n) is 7.10. The summed E-state index contributed by atoms with van der Waals surface area (Å²) < 4.78 is 1.75. The molecule has 1 aliphatic heterocycles. The van der Waals surface area contributed by atoms with E-state index in [9.17, 15) is 4.79 Å². The van der Waals surface area contributed by atoms with E-state index in [0.717, 1.165) is 37.6 Å². The summed E-state index contributed by atoms with van der Waals surface area (Å²) in [6.45, 7) is 3.22. The molecule has 3 rings (SSSR count). The second kappa shape index (κ2) is 5.90. The molecule has 2 heterocycles. The number of anilines is 1. The fourth-order valence-electron chi connectivity index (χ4n) is 2.63. The lowest BCUT2D eigenvalue weighted by molar-refractivity contribution is -0.119. The summed E-state index contributed by atoms with van der Waals surface area (Å²) in [6, 6.07) is 10.1. The van der Waals surface area contributed by atoms with Crippen LogP contribution in [-0.2, 0) is 4.79 Å². The highest BCUT2D eigenvalue weighted by atomic mass is 16.1. The lowest BCUT2D eigenvalue weighted by Gasteiger charge is -2.32. The summed E-state index contributed by atoms with van der Waals surface area (Å²) in [5.41, 5.74) is 0.946. The number of hydrogen-bond donors (Lipinski definition) is 1. The van der Waals surface area contributed by atoms with E-state index in [4.69, 9.17) is 0 Å². The van der Waals surface area contributed by atoms with E-state index in [0.29, 0.717) is 0 Å². The summed E-state index contributed by atoms with van der Waals surface area (Å²) in [5, 5.41) is 15.0. The quantitative estimate of drug-likeness (QED) is 0.902. The Labute approximate surface area is 122 Å². The smallest absolute Gasteiger partial charge is 0.250 e. The molecule has 1 aromatic heterocycles. The van der Waals surface area contributed by atoms with Crippen LogP contribution in [-0.4, -0.2) is 45.2 Å². The number of piperidine rings is 1. The number of rotatable bonds is 3. The highest BCUT2D eigenvalue weighted by molar-refractivity contribution is 5.73. The van der Waals surface area contributed by atoms with Gasteiger partial charge in [-0.2, -0.15) is 4.68 Å². The van der Waals surface area contributed by atoms with Gasteiger partial charge < -0.3 is 10.2 Å². The lowest BCUT2D eigenvalue weighted by Crippen LogP contribution is -2.44. The molecule has 7 heteroatoms. The second-order valence-electron chi connectivity index (χ2n) is 5.19. The molecule has 0 bridgehead atoms. The zero-order valence-electron chi connectivity index (χ0n) is 11.9. The first-order chi connectivity index (χ1) is 10.2. The van der Waals surface area contributed by atoms with Crippen LogP contribution < -0.4 is 10.2 Å². The minimum atomic E-state index is 0.0302. The SMILES string of the molecule is CC(=O)NC1CCN(c2nnnn2-c2ccccc2)CC1. The molecule has 7 nitrogen and oxygen atoms in total. The standard InChI is InChI=1S/C14H18N6O/c1-11(21)15-12-7-9-19(10-8-12)14-16-17-18-20(14)13-5-3-2-4-6-13/h2-6,12H,7-10H2,1H3,(H,15,21). The molecule has 0 radical (unpaired) electrons. The molecule has 1 fully saturated rings. The molecule has 110 valence electrons. The first kappa shape index (κ1) is 13.5. The van der Waals surface area contributed by atoms with Gasteiger partial charge >= 0.3 is 0 Å². The average molecular weight is 286 g/mol. The van der Waals surface area contributed by atoms with Crippen molar-refractivity contribution in [2.75, 3.05) is 18.0 Å². The van der Waals surface area contributed by atoms with E-state index < -0.39 is 0 Å². The number of carbonyl (C=O) groups is 1. The van der Waals surface area contributed by atoms with Crippen molar-refractivity contribution in [3.8, 4) is 5.69 Å². The van der Waals surface area contributed by atoms with Crippen molar-refractivity contribution < 1.29 is 4.79 Å². The number of hydrogen-bond acceptors (Lipinski definition) is 5. The molecular weight excluding hydrogens is 268 g/mol. The van der Waals surface area contributed by atoms with Crippen LogP contribution >= 0.6 is 0 Å². The van der Waals surface area contributed by atoms with E-state index in [2.05, 4.69) is 25.7 Å². The zero-order chi connectivity index (χ0) is 14.7. The van der Waals surface area contributed by atoms with E-state index >= 15 is 0 Å². The maximum Gasteiger partial charge on any atom is 0.250 e. The Bertz CT molecular complexity index is 603. The molecule has 0 atom stereocenters. The van der Waals surface area contributed by atoms with Crippen LogP contribution in [0.5, 0.6) is 0 Å². The van der Waals surface area contributed by atoms with Crippen molar-refractivity contribution in [1.82, 2.24) is 25.5 Å². The van der Waals surface area contributed by atoms with Gasteiger partial charge in [-0.05, 0) is 35.4 Å². The Morgan fingerprint density at radius 1 is 1.24 bits per heavy atom. The topological polar surface area (TPSA) is 75.9 Å². The molecule has 1 N–H and O–H groups in total. The Morgan fingerprint density at radius 2 is 1.95 bits per heavy atom. The van der Waals surface area contributed by atoms with Crippen LogP contribution in [0.15, 0.2) is 30.3 Å². The van der Waals surface area contributed by atoms with Gasteiger partial charge in [0, 0.05) is 26.1 Å². The third-order valence-electron chi connectivity index (χ3n) is 3.64. The van der Waals surface area contributed by atoms with Crippen molar-refractivity contribution in [2.45, 2.75) is 25.8 Å². The molecule has 21 heavy (non-hydrogen) atoms. The fourth-order valence-corrected chi connectivity index (χ4v) is 2.63. The van der Waals surface area contributed by atoms with Crippen LogP contribution in [0.4, 0.5) is 5.95 Å². The predicted molar refractivity (Wildman–Crippen MR) is 78.2 cm³/mol. The van der Waals surface area contributed by atoms with Crippen molar-refractivity contribution in [3.05, 3.63) is 30.3 Å². The van der Waals surface area contributed by atoms with Gasteiger partial charge in [-0.3, -0.25) is 4.79 Å². The molecule has 2 aromatic rings. The summed E-state index contributed by atoms with van der Waals surface area (Å²) in [6.07, 6.45) is 1.81. The lowest BCUT2D eigenvalue weighted by atomic mass is 10.1. The summed E-state index contributed by atoms with van der Waals surface area (Å²) in [7, 11) is 0. The van der Waals surface area contributed by atoms with Crippen LogP contribution in [0.25, 0.3) is 5.69 Å². The van der Waals surface area contributed by atoms with E-state index in [1.54, 1.807) is 11.6 Å². The molecule has 0 spiro atoms. The van der Waals surface area contributed by atoms with E-state index in [1.165, 1.54) is 0 Å². The summed E-state index contributed by atoms with van der Waals surface area (Å²) in [5.74, 6) is 0.782. The minimum absolute atomic E-state index is 0.0302. The van der Waals surface area contributed by atoms with Gasteiger partial charge in [-0.25, -0.2) is 0 Å². The highest BCUT2D eigenvalue weighted by Gasteiger charge is 2.23. The Morgan fingerprint density at radius 3 is 2.62 bits per heavy atom. The average Bonchev–Trinajstić information content (AvgIpc) is 2.98. The molecular formula is C14H18N6O. The number of tetrazole rings is 1. The molecule has 1 saturated heterocycles. The molecule has 1 amide bonds. The molecule has 0 saturated carbocycles. The minimum Gasteiger partial charge on any atom is -0.353 e. The Kier molecular flexibility index (Phi) is 3.81. The number of nitrogens with zero attached hydrogens (tertiary/aromatic N) is 5. The Balaban J connectivity index is 1.72. The monoisotopic (exact) mass is 286 g/mol. The van der Waals surface area contributed by atoms with Crippen molar-refractivity contribution >= 4 is 11.9 Å². The van der Waals surface area contributed by atoms with Crippen molar-refractivity contribution in [3.63, 3.8) is 0 Å². The van der Waals surface area contributed by atoms with Gasteiger partial charge in [0.1, 0.15) is 0 Å². The van der Waals surface area contributed by atoms with Crippen molar-refractivity contribution in [2.24, 2.45) is 0 Å².